The van der Waals surface area contributed by atoms with Crippen LogP contribution in [0.1, 0.15) is 26.7 Å². The minimum atomic E-state index is 0.516. The molecule has 0 aliphatic heterocycles. The van der Waals surface area contributed by atoms with E-state index in [-0.39, 0.29) is 0 Å². The monoisotopic (exact) mass is 179 g/mol. The number of nitrogens with one attached hydrogen (secondary N) is 2. The summed E-state index contributed by atoms with van der Waals surface area (Å²) in [6.45, 7) is 4.34. The number of anilines is 1. The minimum absolute atomic E-state index is 0.516. The van der Waals surface area contributed by atoms with E-state index in [1.165, 1.54) is 0 Å². The number of hydrogen-bond acceptors (Lipinski definition) is 3. The number of hydrogen-bond donors (Lipinski definition) is 2. The quantitative estimate of drug-likeness (QED) is 0.680. The van der Waals surface area contributed by atoms with Crippen molar-refractivity contribution in [1.82, 2.24) is 10.4 Å². The van der Waals surface area contributed by atoms with Gasteiger partial charge in [0.2, 0.25) is 0 Å². The fraction of sp³-hybridized carbons (Fsp3) is 0.500. The lowest BCUT2D eigenvalue weighted by molar-refractivity contribution is 0.525. The molecule has 0 saturated heterocycles. The van der Waals surface area contributed by atoms with E-state index < -0.39 is 0 Å². The molecule has 13 heavy (non-hydrogen) atoms. The molecule has 0 radical (unpaired) electrons. The summed E-state index contributed by atoms with van der Waals surface area (Å²) in [5.41, 5.74) is 6.31. The van der Waals surface area contributed by atoms with Gasteiger partial charge in [0.15, 0.2) is 0 Å². The van der Waals surface area contributed by atoms with Crippen molar-refractivity contribution in [2.75, 3.05) is 5.43 Å². The van der Waals surface area contributed by atoms with Gasteiger partial charge in [0.05, 0.1) is 0 Å². The summed E-state index contributed by atoms with van der Waals surface area (Å²) in [5.74, 6) is 0.870. The second-order valence-electron chi connectivity index (χ2n) is 3.00. The molecule has 0 saturated carbocycles. The van der Waals surface area contributed by atoms with Crippen LogP contribution in [0.15, 0.2) is 24.4 Å². The van der Waals surface area contributed by atoms with E-state index in [4.69, 9.17) is 0 Å². The van der Waals surface area contributed by atoms with Crippen molar-refractivity contribution in [3.05, 3.63) is 24.4 Å². The Balaban J connectivity index is 2.34. The van der Waals surface area contributed by atoms with E-state index >= 15 is 0 Å². The molecule has 0 spiro atoms. The summed E-state index contributed by atoms with van der Waals surface area (Å²) < 4.78 is 0. The van der Waals surface area contributed by atoms with E-state index in [2.05, 4.69) is 29.7 Å². The normalized spacial score (nSPS) is 10.4. The summed E-state index contributed by atoms with van der Waals surface area (Å²) >= 11 is 0. The first kappa shape index (κ1) is 9.99. The Kier molecular flexibility index (Phi) is 4.26. The van der Waals surface area contributed by atoms with Crippen molar-refractivity contribution in [2.24, 2.45) is 0 Å². The molecule has 1 aromatic heterocycles. The van der Waals surface area contributed by atoms with E-state index in [1.807, 2.05) is 18.2 Å². The molecule has 2 N–H and O–H groups in total. The first-order chi connectivity index (χ1) is 6.36. The maximum atomic E-state index is 4.15. The highest BCUT2D eigenvalue weighted by molar-refractivity contribution is 5.31. The molecular weight excluding hydrogens is 162 g/mol. The van der Waals surface area contributed by atoms with Gasteiger partial charge in [-0.25, -0.2) is 10.4 Å². The predicted octanol–water partition coefficient (Wildman–Crippen LogP) is 2.19. The van der Waals surface area contributed by atoms with Crippen molar-refractivity contribution in [3.63, 3.8) is 0 Å². The maximum Gasteiger partial charge on any atom is 0.140 e. The topological polar surface area (TPSA) is 37.0 Å². The third kappa shape index (κ3) is 3.42. The van der Waals surface area contributed by atoms with Crippen LogP contribution >= 0.6 is 0 Å². The fourth-order valence-electron chi connectivity index (χ4n) is 1.11. The van der Waals surface area contributed by atoms with Crippen LogP contribution in [0.25, 0.3) is 0 Å². The van der Waals surface area contributed by atoms with E-state index in [0.717, 1.165) is 18.7 Å². The first-order valence-electron chi connectivity index (χ1n) is 4.79. The van der Waals surface area contributed by atoms with Crippen molar-refractivity contribution in [3.8, 4) is 0 Å². The van der Waals surface area contributed by atoms with Crippen molar-refractivity contribution >= 4 is 5.82 Å². The molecule has 3 heteroatoms. The van der Waals surface area contributed by atoms with Crippen LogP contribution in [0.2, 0.25) is 0 Å². The molecule has 0 unspecified atom stereocenters. The average Bonchev–Trinajstić information content (AvgIpc) is 2.21. The summed E-state index contributed by atoms with van der Waals surface area (Å²) in [5, 5.41) is 0. The Morgan fingerprint density at radius 1 is 1.31 bits per heavy atom. The van der Waals surface area contributed by atoms with E-state index in [9.17, 15) is 0 Å². The number of pyridine rings is 1. The first-order valence-corrected chi connectivity index (χ1v) is 4.79. The molecule has 1 rings (SSSR count). The van der Waals surface area contributed by atoms with Gasteiger partial charge in [-0.3, -0.25) is 0 Å². The van der Waals surface area contributed by atoms with Gasteiger partial charge in [-0.15, -0.1) is 0 Å². The summed E-state index contributed by atoms with van der Waals surface area (Å²) in [7, 11) is 0. The van der Waals surface area contributed by atoms with Crippen molar-refractivity contribution < 1.29 is 0 Å². The molecule has 0 bridgehead atoms. The van der Waals surface area contributed by atoms with E-state index in [1.54, 1.807) is 6.20 Å². The summed E-state index contributed by atoms with van der Waals surface area (Å²) in [6, 6.07) is 6.32. The SMILES string of the molecule is CCC(CC)NNc1ccccn1. The highest BCUT2D eigenvalue weighted by Gasteiger charge is 2.00. The van der Waals surface area contributed by atoms with Gasteiger partial charge in [-0.05, 0) is 25.0 Å². The van der Waals surface area contributed by atoms with Crippen LogP contribution in [0.3, 0.4) is 0 Å². The molecule has 1 aromatic rings. The molecule has 0 atom stereocenters. The second-order valence-corrected chi connectivity index (χ2v) is 3.00. The molecule has 0 aliphatic rings. The highest BCUT2D eigenvalue weighted by Crippen LogP contribution is 2.00. The molecular formula is C10H17N3. The molecule has 72 valence electrons. The van der Waals surface area contributed by atoms with Crippen molar-refractivity contribution in [1.29, 1.82) is 0 Å². The van der Waals surface area contributed by atoms with Gasteiger partial charge in [-0.2, -0.15) is 0 Å². The van der Waals surface area contributed by atoms with Crippen LogP contribution in [0.5, 0.6) is 0 Å². The Bertz CT molecular complexity index is 219. The molecule has 0 aromatic carbocycles. The third-order valence-corrected chi connectivity index (χ3v) is 2.05. The van der Waals surface area contributed by atoms with Crippen LogP contribution in [-0.4, -0.2) is 11.0 Å². The Morgan fingerprint density at radius 3 is 2.62 bits per heavy atom. The van der Waals surface area contributed by atoms with Crippen molar-refractivity contribution in [2.45, 2.75) is 32.7 Å². The van der Waals surface area contributed by atoms with Gasteiger partial charge in [-0.1, -0.05) is 19.9 Å². The molecule has 0 aliphatic carbocycles. The van der Waals surface area contributed by atoms with Gasteiger partial charge in [0.25, 0.3) is 0 Å². The van der Waals surface area contributed by atoms with Crippen LogP contribution in [-0.2, 0) is 0 Å². The summed E-state index contributed by atoms with van der Waals surface area (Å²) in [6.07, 6.45) is 4.02. The smallest absolute Gasteiger partial charge is 0.140 e. The van der Waals surface area contributed by atoms with Crippen LogP contribution < -0.4 is 10.9 Å². The van der Waals surface area contributed by atoms with E-state index in [0.29, 0.717) is 6.04 Å². The Labute approximate surface area is 79.5 Å². The number of nitrogens with zero attached hydrogens (tertiary/aromatic N) is 1. The Morgan fingerprint density at radius 2 is 2.08 bits per heavy atom. The largest absolute Gasteiger partial charge is 0.306 e. The number of hydrazine groups is 1. The standard InChI is InChI=1S/C10H17N3/c1-3-9(4-2)12-13-10-7-5-6-8-11-10/h5-9,12H,3-4H2,1-2H3,(H,11,13). The zero-order chi connectivity index (χ0) is 9.52. The Hall–Kier alpha value is -1.09. The molecule has 0 fully saturated rings. The van der Waals surface area contributed by atoms with Gasteiger partial charge < -0.3 is 5.43 Å². The lowest BCUT2D eigenvalue weighted by Gasteiger charge is -2.15. The third-order valence-electron chi connectivity index (χ3n) is 2.05. The van der Waals surface area contributed by atoms with Gasteiger partial charge in [0, 0.05) is 12.2 Å². The lowest BCUT2D eigenvalue weighted by atomic mass is 10.2. The predicted molar refractivity (Wildman–Crippen MR) is 55.4 cm³/mol. The lowest BCUT2D eigenvalue weighted by Crippen LogP contribution is -2.33. The van der Waals surface area contributed by atoms with Gasteiger partial charge >= 0.3 is 0 Å². The zero-order valence-corrected chi connectivity index (χ0v) is 8.25. The van der Waals surface area contributed by atoms with Gasteiger partial charge in [0.1, 0.15) is 5.82 Å². The molecule has 0 amide bonds. The zero-order valence-electron chi connectivity index (χ0n) is 8.25. The van der Waals surface area contributed by atoms with Crippen LogP contribution in [0, 0.1) is 0 Å². The van der Waals surface area contributed by atoms with Crippen LogP contribution in [0.4, 0.5) is 5.82 Å². The number of rotatable bonds is 5. The fourth-order valence-corrected chi connectivity index (χ4v) is 1.11. The number of aromatic nitrogens is 1. The second kappa shape index (κ2) is 5.54. The minimum Gasteiger partial charge on any atom is -0.306 e. The average molecular weight is 179 g/mol. The molecule has 3 nitrogen and oxygen atoms in total. The molecule has 1 heterocycles. The maximum absolute atomic E-state index is 4.15. The summed E-state index contributed by atoms with van der Waals surface area (Å²) in [4.78, 5) is 4.15. The highest BCUT2D eigenvalue weighted by atomic mass is 15.4.